The van der Waals surface area contributed by atoms with Crippen LogP contribution >= 0.6 is 12.4 Å². The van der Waals surface area contributed by atoms with Crippen molar-refractivity contribution >= 4 is 12.4 Å². The summed E-state index contributed by atoms with van der Waals surface area (Å²) < 4.78 is 28.3. The maximum Gasteiger partial charge on any atom is 0.261 e. The van der Waals surface area contributed by atoms with Crippen molar-refractivity contribution in [2.75, 3.05) is 45.9 Å². The Morgan fingerprint density at radius 1 is 1.27 bits per heavy atom. The molecule has 0 aromatic carbocycles. The van der Waals surface area contributed by atoms with Gasteiger partial charge in [-0.15, -0.1) is 12.4 Å². The molecule has 0 aromatic rings. The Morgan fingerprint density at radius 2 is 2.07 bits per heavy atom. The predicted molar refractivity (Wildman–Crippen MR) is 58.0 cm³/mol. The number of alkyl halides is 2. The van der Waals surface area contributed by atoms with Crippen molar-refractivity contribution in [3.8, 4) is 0 Å². The molecule has 0 radical (unpaired) electrons. The Bertz CT molecular complexity index is 144. The Kier molecular flexibility index (Phi) is 9.29. The third-order valence-electron chi connectivity index (χ3n) is 2.23. The largest absolute Gasteiger partial charge is 0.374 e. The van der Waals surface area contributed by atoms with Crippen LogP contribution in [0.3, 0.4) is 0 Å². The lowest BCUT2D eigenvalue weighted by atomic mass is 10.4. The number of nitrogens with zero attached hydrogens (tertiary/aromatic N) is 1. The highest BCUT2D eigenvalue weighted by atomic mass is 35.5. The molecule has 0 unspecified atom stereocenters. The van der Waals surface area contributed by atoms with Gasteiger partial charge in [0.15, 0.2) is 0 Å². The molecule has 6 heteroatoms. The Labute approximate surface area is 95.6 Å². The van der Waals surface area contributed by atoms with Crippen LogP contribution in [0, 0.1) is 0 Å². The summed E-state index contributed by atoms with van der Waals surface area (Å²) in [6.07, 6.45) is -1.23. The minimum atomic E-state index is -2.35. The second-order valence-electron chi connectivity index (χ2n) is 3.41. The van der Waals surface area contributed by atoms with Gasteiger partial charge < -0.3 is 10.1 Å². The minimum Gasteiger partial charge on any atom is -0.374 e. The van der Waals surface area contributed by atoms with E-state index in [1.54, 1.807) is 0 Å². The smallest absolute Gasteiger partial charge is 0.261 e. The summed E-state index contributed by atoms with van der Waals surface area (Å²) in [4.78, 5) is 2.24. The average molecular weight is 245 g/mol. The second-order valence-corrected chi connectivity index (χ2v) is 3.41. The fraction of sp³-hybridized carbons (Fsp3) is 1.00. The van der Waals surface area contributed by atoms with Gasteiger partial charge in [-0.1, -0.05) is 0 Å². The van der Waals surface area contributed by atoms with Crippen LogP contribution < -0.4 is 5.32 Å². The van der Waals surface area contributed by atoms with Crippen molar-refractivity contribution in [2.45, 2.75) is 12.8 Å². The molecule has 1 rings (SSSR count). The molecule has 92 valence electrons. The van der Waals surface area contributed by atoms with E-state index in [0.717, 1.165) is 39.1 Å². The van der Waals surface area contributed by atoms with E-state index in [2.05, 4.69) is 10.2 Å². The molecule has 1 aliphatic rings. The summed E-state index contributed by atoms with van der Waals surface area (Å²) in [5.41, 5.74) is 0. The summed E-state index contributed by atoms with van der Waals surface area (Å²) in [6.45, 7) is 4.77. The van der Waals surface area contributed by atoms with Gasteiger partial charge in [-0.05, 0) is 19.5 Å². The molecule has 0 aliphatic carbocycles. The van der Waals surface area contributed by atoms with Crippen LogP contribution in [0.1, 0.15) is 6.42 Å². The van der Waals surface area contributed by atoms with Gasteiger partial charge in [0.2, 0.25) is 0 Å². The summed E-state index contributed by atoms with van der Waals surface area (Å²) in [7, 11) is 0. The molecule has 0 atom stereocenters. The van der Waals surface area contributed by atoms with Crippen molar-refractivity contribution in [1.29, 1.82) is 0 Å². The van der Waals surface area contributed by atoms with Gasteiger partial charge >= 0.3 is 0 Å². The van der Waals surface area contributed by atoms with Crippen LogP contribution in [0.5, 0.6) is 0 Å². The van der Waals surface area contributed by atoms with Gasteiger partial charge in [-0.3, -0.25) is 4.90 Å². The Balaban J connectivity index is 0.00000196. The number of ether oxygens (including phenoxy) is 1. The van der Waals surface area contributed by atoms with Crippen molar-refractivity contribution in [1.82, 2.24) is 10.2 Å². The van der Waals surface area contributed by atoms with Crippen LogP contribution in [0.4, 0.5) is 8.78 Å². The summed E-state index contributed by atoms with van der Waals surface area (Å²) in [5, 5.41) is 3.28. The third-order valence-corrected chi connectivity index (χ3v) is 2.23. The normalized spacial score (nSPS) is 18.6. The maximum atomic E-state index is 11.7. The molecule has 1 fully saturated rings. The Hall–Kier alpha value is 0.0300. The van der Waals surface area contributed by atoms with E-state index in [1.807, 2.05) is 0 Å². The van der Waals surface area contributed by atoms with E-state index >= 15 is 0 Å². The van der Waals surface area contributed by atoms with E-state index in [-0.39, 0.29) is 12.4 Å². The Morgan fingerprint density at radius 3 is 2.80 bits per heavy atom. The first-order valence-corrected chi connectivity index (χ1v) is 5.08. The first-order chi connectivity index (χ1) is 6.79. The molecular weight excluding hydrogens is 226 g/mol. The molecular formula is C9H19ClF2N2O. The predicted octanol–water partition coefficient (Wildman–Crippen LogP) is 0.985. The number of halogens is 3. The first-order valence-electron chi connectivity index (χ1n) is 5.08. The van der Waals surface area contributed by atoms with Crippen LogP contribution in [-0.4, -0.2) is 57.3 Å². The topological polar surface area (TPSA) is 24.5 Å². The lowest BCUT2D eigenvalue weighted by Crippen LogP contribution is -2.31. The van der Waals surface area contributed by atoms with Crippen LogP contribution in [0.2, 0.25) is 0 Å². The van der Waals surface area contributed by atoms with E-state index in [1.165, 1.54) is 0 Å². The van der Waals surface area contributed by atoms with E-state index in [0.29, 0.717) is 6.61 Å². The SMILES string of the molecule is Cl.FC(F)COCCN1CCCNCC1. The molecule has 0 spiro atoms. The fourth-order valence-corrected chi connectivity index (χ4v) is 1.49. The van der Waals surface area contributed by atoms with Crippen LogP contribution in [-0.2, 0) is 4.74 Å². The summed E-state index contributed by atoms with van der Waals surface area (Å²) in [6, 6.07) is 0. The van der Waals surface area contributed by atoms with Crippen LogP contribution in [0.25, 0.3) is 0 Å². The van der Waals surface area contributed by atoms with Crippen molar-refractivity contribution < 1.29 is 13.5 Å². The first kappa shape index (κ1) is 15.0. The molecule has 1 N–H and O–H groups in total. The summed E-state index contributed by atoms with van der Waals surface area (Å²) >= 11 is 0. The molecule has 1 saturated heterocycles. The minimum absolute atomic E-state index is 0. The molecule has 0 amide bonds. The number of rotatable bonds is 5. The summed E-state index contributed by atoms with van der Waals surface area (Å²) in [5.74, 6) is 0. The zero-order valence-electron chi connectivity index (χ0n) is 8.75. The number of hydrogen-bond donors (Lipinski definition) is 1. The van der Waals surface area contributed by atoms with Gasteiger partial charge in [0.25, 0.3) is 6.43 Å². The quantitative estimate of drug-likeness (QED) is 0.730. The molecule has 1 heterocycles. The molecule has 0 aromatic heterocycles. The van der Waals surface area contributed by atoms with Gasteiger partial charge in [0, 0.05) is 19.6 Å². The highest BCUT2D eigenvalue weighted by molar-refractivity contribution is 5.85. The van der Waals surface area contributed by atoms with Gasteiger partial charge in [-0.2, -0.15) is 0 Å². The lowest BCUT2D eigenvalue weighted by Gasteiger charge is -2.18. The number of nitrogens with one attached hydrogen (secondary N) is 1. The highest BCUT2D eigenvalue weighted by Crippen LogP contribution is 1.96. The van der Waals surface area contributed by atoms with Crippen molar-refractivity contribution in [3.63, 3.8) is 0 Å². The maximum absolute atomic E-state index is 11.7. The standard InChI is InChI=1S/C9H18F2N2O.ClH/c10-9(11)8-14-7-6-13-4-1-2-12-3-5-13;/h9,12H,1-8H2;1H. The van der Waals surface area contributed by atoms with Crippen molar-refractivity contribution in [3.05, 3.63) is 0 Å². The highest BCUT2D eigenvalue weighted by Gasteiger charge is 2.08. The van der Waals surface area contributed by atoms with Crippen LogP contribution in [0.15, 0.2) is 0 Å². The molecule has 3 nitrogen and oxygen atoms in total. The second kappa shape index (κ2) is 9.27. The molecule has 1 aliphatic heterocycles. The third kappa shape index (κ3) is 7.90. The van der Waals surface area contributed by atoms with Gasteiger partial charge in [0.05, 0.1) is 6.61 Å². The van der Waals surface area contributed by atoms with E-state index < -0.39 is 13.0 Å². The fourth-order valence-electron chi connectivity index (χ4n) is 1.49. The number of hydrogen-bond acceptors (Lipinski definition) is 3. The van der Waals surface area contributed by atoms with Gasteiger partial charge in [0.1, 0.15) is 6.61 Å². The lowest BCUT2D eigenvalue weighted by molar-refractivity contribution is 0.0103. The zero-order chi connectivity index (χ0) is 10.2. The van der Waals surface area contributed by atoms with E-state index in [4.69, 9.17) is 4.74 Å². The average Bonchev–Trinajstić information content (AvgIpc) is 2.40. The monoisotopic (exact) mass is 244 g/mol. The zero-order valence-corrected chi connectivity index (χ0v) is 9.57. The van der Waals surface area contributed by atoms with Crippen molar-refractivity contribution in [2.24, 2.45) is 0 Å². The van der Waals surface area contributed by atoms with Gasteiger partial charge in [-0.25, -0.2) is 8.78 Å². The molecule has 0 bridgehead atoms. The molecule has 0 saturated carbocycles. The van der Waals surface area contributed by atoms with E-state index in [9.17, 15) is 8.78 Å². The molecule has 15 heavy (non-hydrogen) atoms.